The number of nitriles is 1. The van der Waals surface area contributed by atoms with Crippen LogP contribution in [0.5, 0.6) is 5.75 Å². The summed E-state index contributed by atoms with van der Waals surface area (Å²) in [6, 6.07) is 10.5. The number of piperidine rings is 1. The third kappa shape index (κ3) is 2.27. The highest BCUT2D eigenvalue weighted by molar-refractivity contribution is 5.38. The van der Waals surface area contributed by atoms with Crippen molar-refractivity contribution in [2.75, 3.05) is 27.2 Å². The second kappa shape index (κ2) is 4.77. The van der Waals surface area contributed by atoms with Crippen LogP contribution in [0.4, 0.5) is 0 Å². The van der Waals surface area contributed by atoms with E-state index in [-0.39, 0.29) is 5.41 Å². The maximum absolute atomic E-state index is 9.54. The average Bonchev–Trinajstić information content (AvgIpc) is 2.40. The molecule has 1 N–H and O–H groups in total. The van der Waals surface area contributed by atoms with E-state index in [9.17, 15) is 5.26 Å². The zero-order valence-electron chi connectivity index (χ0n) is 10.5. The molecule has 1 aromatic rings. The summed E-state index contributed by atoms with van der Waals surface area (Å²) in [6.45, 7) is 2.12. The van der Waals surface area contributed by atoms with Crippen molar-refractivity contribution in [3.8, 4) is 11.8 Å². The summed E-state index contributed by atoms with van der Waals surface area (Å²) in [7, 11) is 3.85. The van der Waals surface area contributed by atoms with E-state index in [1.807, 2.05) is 24.3 Å². The van der Waals surface area contributed by atoms with Crippen molar-refractivity contribution in [2.24, 2.45) is 0 Å². The number of nitrogens with one attached hydrogen (secondary N) is 1. The first-order valence-electron chi connectivity index (χ1n) is 6.07. The number of nitrogens with zero attached hydrogens (tertiary/aromatic N) is 1. The molecule has 1 heterocycles. The molecule has 1 aliphatic rings. The zero-order valence-corrected chi connectivity index (χ0v) is 10.5. The van der Waals surface area contributed by atoms with Gasteiger partial charge in [0.1, 0.15) is 5.75 Å². The number of benzene rings is 1. The topological polar surface area (TPSA) is 37.5 Å². The van der Waals surface area contributed by atoms with Gasteiger partial charge < -0.3 is 9.64 Å². The molecule has 0 aromatic heterocycles. The Morgan fingerprint density at radius 2 is 2.06 bits per heavy atom. The molecule has 0 unspecified atom stereocenters. The predicted octanol–water partition coefficient (Wildman–Crippen LogP) is 0.765. The molecule has 0 aliphatic carbocycles. The molecule has 0 radical (unpaired) electrons. The van der Waals surface area contributed by atoms with Crippen LogP contribution in [0.3, 0.4) is 0 Å². The fourth-order valence-corrected chi connectivity index (χ4v) is 2.49. The first-order valence-corrected chi connectivity index (χ1v) is 6.07. The Bertz CT molecular complexity index is 428. The molecule has 2 rings (SSSR count). The van der Waals surface area contributed by atoms with Gasteiger partial charge in [0, 0.05) is 12.8 Å². The van der Waals surface area contributed by atoms with Gasteiger partial charge >= 0.3 is 0 Å². The van der Waals surface area contributed by atoms with Crippen LogP contribution < -0.4 is 9.64 Å². The fourth-order valence-electron chi connectivity index (χ4n) is 2.49. The van der Waals surface area contributed by atoms with Crippen LogP contribution >= 0.6 is 0 Å². The van der Waals surface area contributed by atoms with Gasteiger partial charge in [0.25, 0.3) is 0 Å². The lowest BCUT2D eigenvalue weighted by molar-refractivity contribution is -0.886. The summed E-state index contributed by atoms with van der Waals surface area (Å²) in [5.74, 6) is 0.836. The van der Waals surface area contributed by atoms with E-state index in [0.717, 1.165) is 37.2 Å². The second-order valence-electron chi connectivity index (χ2n) is 4.88. The Morgan fingerprint density at radius 1 is 1.35 bits per heavy atom. The van der Waals surface area contributed by atoms with E-state index in [2.05, 4.69) is 13.1 Å². The van der Waals surface area contributed by atoms with Gasteiger partial charge in [-0.1, -0.05) is 12.1 Å². The van der Waals surface area contributed by atoms with Gasteiger partial charge in [-0.3, -0.25) is 0 Å². The van der Waals surface area contributed by atoms with Crippen LogP contribution in [0.15, 0.2) is 24.3 Å². The minimum atomic E-state index is -0.311. The van der Waals surface area contributed by atoms with Crippen LogP contribution in [-0.2, 0) is 5.41 Å². The maximum atomic E-state index is 9.54. The Balaban J connectivity index is 2.32. The first-order chi connectivity index (χ1) is 8.20. The molecule has 0 saturated carbocycles. The normalized spacial score (nSPS) is 28.4. The number of hydrogen-bond acceptors (Lipinski definition) is 2. The molecule has 0 amide bonds. The molecule has 0 atom stereocenters. The standard InChI is InChI=1S/C14H18N2O/c1-16-8-6-14(11-15,7-9-16)12-4-3-5-13(10-12)17-2/h3-5,10H,6-9H2,1-2H3/p+1. The van der Waals surface area contributed by atoms with Crippen molar-refractivity contribution in [3.63, 3.8) is 0 Å². The summed E-state index contributed by atoms with van der Waals surface area (Å²) in [5, 5.41) is 9.54. The highest BCUT2D eigenvalue weighted by atomic mass is 16.5. The third-order valence-corrected chi connectivity index (χ3v) is 3.79. The lowest BCUT2D eigenvalue weighted by atomic mass is 9.74. The van der Waals surface area contributed by atoms with Crippen LogP contribution in [-0.4, -0.2) is 27.2 Å². The van der Waals surface area contributed by atoms with Gasteiger partial charge in [-0.2, -0.15) is 5.26 Å². The lowest BCUT2D eigenvalue weighted by Gasteiger charge is -2.33. The molecule has 90 valence electrons. The summed E-state index contributed by atoms with van der Waals surface area (Å²) >= 11 is 0. The minimum Gasteiger partial charge on any atom is -0.497 e. The van der Waals surface area contributed by atoms with Crippen LogP contribution in [0.2, 0.25) is 0 Å². The Labute approximate surface area is 103 Å². The molecular formula is C14H19N2O+. The quantitative estimate of drug-likeness (QED) is 0.816. The maximum Gasteiger partial charge on any atom is 0.119 e. The van der Waals surface area contributed by atoms with Gasteiger partial charge in [0.15, 0.2) is 0 Å². The molecule has 17 heavy (non-hydrogen) atoms. The fraction of sp³-hybridized carbons (Fsp3) is 0.500. The van der Waals surface area contributed by atoms with Crippen LogP contribution in [0.1, 0.15) is 18.4 Å². The second-order valence-corrected chi connectivity index (χ2v) is 4.88. The Kier molecular flexibility index (Phi) is 3.35. The lowest BCUT2D eigenvalue weighted by Crippen LogP contribution is -3.10. The zero-order chi connectivity index (χ0) is 12.3. The van der Waals surface area contributed by atoms with Crippen LogP contribution in [0.25, 0.3) is 0 Å². The molecule has 1 fully saturated rings. The molecule has 1 aliphatic heterocycles. The van der Waals surface area contributed by atoms with E-state index in [1.165, 1.54) is 4.90 Å². The largest absolute Gasteiger partial charge is 0.497 e. The number of methoxy groups -OCH3 is 1. The van der Waals surface area contributed by atoms with Crippen LogP contribution in [0, 0.1) is 11.3 Å². The monoisotopic (exact) mass is 231 g/mol. The highest BCUT2D eigenvalue weighted by Gasteiger charge is 2.37. The summed E-state index contributed by atoms with van der Waals surface area (Å²) in [5.41, 5.74) is 0.792. The molecule has 0 bridgehead atoms. The van der Waals surface area contributed by atoms with E-state index < -0.39 is 0 Å². The Morgan fingerprint density at radius 3 is 2.65 bits per heavy atom. The predicted molar refractivity (Wildman–Crippen MR) is 66.1 cm³/mol. The van der Waals surface area contributed by atoms with Crippen molar-refractivity contribution >= 4 is 0 Å². The summed E-state index contributed by atoms with van der Waals surface area (Å²) in [6.07, 6.45) is 1.87. The van der Waals surface area contributed by atoms with Gasteiger partial charge in [0.05, 0.1) is 38.7 Å². The minimum absolute atomic E-state index is 0.311. The molecular weight excluding hydrogens is 212 g/mol. The van der Waals surface area contributed by atoms with E-state index >= 15 is 0 Å². The Hall–Kier alpha value is -1.53. The van der Waals surface area contributed by atoms with E-state index in [4.69, 9.17) is 4.74 Å². The molecule has 0 spiro atoms. The van der Waals surface area contributed by atoms with E-state index in [1.54, 1.807) is 7.11 Å². The van der Waals surface area contributed by atoms with Crippen molar-refractivity contribution in [3.05, 3.63) is 29.8 Å². The van der Waals surface area contributed by atoms with Gasteiger partial charge in [-0.25, -0.2) is 0 Å². The smallest absolute Gasteiger partial charge is 0.119 e. The number of quaternary nitrogens is 1. The highest BCUT2D eigenvalue weighted by Crippen LogP contribution is 2.33. The van der Waals surface area contributed by atoms with Crippen molar-refractivity contribution in [1.29, 1.82) is 5.26 Å². The van der Waals surface area contributed by atoms with Crippen molar-refractivity contribution < 1.29 is 9.64 Å². The summed E-state index contributed by atoms with van der Waals surface area (Å²) < 4.78 is 5.24. The van der Waals surface area contributed by atoms with Gasteiger partial charge in [-0.15, -0.1) is 0 Å². The van der Waals surface area contributed by atoms with Gasteiger partial charge in [0.2, 0.25) is 0 Å². The first kappa shape index (κ1) is 11.9. The number of rotatable bonds is 2. The molecule has 3 heteroatoms. The molecule has 3 nitrogen and oxygen atoms in total. The van der Waals surface area contributed by atoms with Crippen molar-refractivity contribution in [1.82, 2.24) is 0 Å². The molecule has 1 saturated heterocycles. The number of hydrogen-bond donors (Lipinski definition) is 1. The average molecular weight is 231 g/mol. The molecule has 1 aromatic carbocycles. The van der Waals surface area contributed by atoms with Gasteiger partial charge in [-0.05, 0) is 17.7 Å². The number of likely N-dealkylation sites (tertiary alicyclic amines) is 1. The summed E-state index contributed by atoms with van der Waals surface area (Å²) in [4.78, 5) is 1.51. The SMILES string of the molecule is COc1cccc(C2(C#N)CC[NH+](C)CC2)c1. The third-order valence-electron chi connectivity index (χ3n) is 3.79. The van der Waals surface area contributed by atoms with Crippen molar-refractivity contribution in [2.45, 2.75) is 18.3 Å². The number of ether oxygens (including phenoxy) is 1. The van der Waals surface area contributed by atoms with E-state index in [0.29, 0.717) is 0 Å².